The molecule has 0 radical (unpaired) electrons. The summed E-state index contributed by atoms with van der Waals surface area (Å²) in [5.74, 6) is 5.15. The molecule has 0 spiro atoms. The summed E-state index contributed by atoms with van der Waals surface area (Å²) >= 11 is 0. The van der Waals surface area contributed by atoms with Crippen molar-refractivity contribution in [2.75, 3.05) is 0 Å². The van der Waals surface area contributed by atoms with Crippen LogP contribution in [0.3, 0.4) is 0 Å². The van der Waals surface area contributed by atoms with Crippen LogP contribution in [-0.4, -0.2) is 4.90 Å². The molecule has 4 heteroatoms. The average molecular weight is 1490 g/mol. The van der Waals surface area contributed by atoms with Crippen molar-refractivity contribution in [1.29, 1.82) is 0 Å². The van der Waals surface area contributed by atoms with Crippen LogP contribution in [0.5, 0.6) is 0 Å². The molecule has 2 aliphatic carbocycles. The van der Waals surface area contributed by atoms with Gasteiger partial charge in [-0.1, -0.05) is 255 Å². The summed E-state index contributed by atoms with van der Waals surface area (Å²) in [6, 6.07) is 117. The first-order valence-electron chi connectivity index (χ1n) is 28.4. The molecule has 0 nitrogen and oxygen atoms in total. The molecule has 12 aromatic carbocycles. The number of hydrogen-bond acceptors (Lipinski definition) is 0. The van der Waals surface area contributed by atoms with Crippen LogP contribution >= 0.6 is 15.8 Å². The van der Waals surface area contributed by atoms with Crippen molar-refractivity contribution >= 4 is 37.1 Å². The van der Waals surface area contributed by atoms with Gasteiger partial charge in [-0.05, 0) is 115 Å². The topological polar surface area (TPSA) is 0 Å². The Hall–Kier alpha value is -7.90. The molecule has 0 bridgehead atoms. The summed E-state index contributed by atoms with van der Waals surface area (Å²) in [5.41, 5.74) is 15.8. The smallest absolute Gasteiger partial charge is 0.366 e. The van der Waals surface area contributed by atoms with Crippen molar-refractivity contribution in [3.8, 4) is 34.1 Å². The first-order chi connectivity index (χ1) is 40.9. The Labute approximate surface area is 537 Å². The molecule has 0 aliphatic heterocycles. The van der Waals surface area contributed by atoms with Crippen molar-refractivity contribution in [2.45, 2.75) is 29.6 Å². The van der Waals surface area contributed by atoms with Gasteiger partial charge in [-0.25, -0.2) is 0 Å². The van der Waals surface area contributed by atoms with E-state index in [0.717, 1.165) is 11.1 Å². The van der Waals surface area contributed by atoms with Gasteiger partial charge < -0.3 is 12.8 Å². The predicted octanol–water partition coefficient (Wildman–Crippen LogP) is 17.4. The van der Waals surface area contributed by atoms with Crippen LogP contribution in [0, 0.1) is 24.7 Å². The van der Waals surface area contributed by atoms with E-state index in [0.29, 0.717) is 0 Å². The normalized spacial score (nSPS) is 12.5. The van der Waals surface area contributed by atoms with Gasteiger partial charge in [0.1, 0.15) is 37.1 Å². The van der Waals surface area contributed by atoms with Gasteiger partial charge >= 0.3 is 44.8 Å². The summed E-state index contributed by atoms with van der Waals surface area (Å²) in [5, 5.41) is 5.96. The molecule has 0 aromatic heterocycles. The summed E-state index contributed by atoms with van der Waals surface area (Å²) < 4.78 is 0. The van der Waals surface area contributed by atoms with Gasteiger partial charge in [-0.15, -0.1) is 35.4 Å². The minimum absolute atomic E-state index is 0. The van der Waals surface area contributed by atoms with Crippen LogP contribution in [0.25, 0.3) is 22.3 Å². The maximum atomic E-state index is 7.66. The van der Waals surface area contributed by atoms with Gasteiger partial charge in [-0.2, -0.15) is 0 Å². The van der Waals surface area contributed by atoms with Crippen molar-refractivity contribution in [3.63, 3.8) is 0 Å². The molecule has 0 saturated carbocycles. The number of fused-ring (bicyclic) bond motifs is 6. The summed E-state index contributed by atoms with van der Waals surface area (Å²) in [6.45, 7) is 5.02. The van der Waals surface area contributed by atoms with Gasteiger partial charge in [-0.3, -0.25) is 11.8 Å². The summed E-state index contributed by atoms with van der Waals surface area (Å²) in [6.07, 6.45) is 15.3. The molecule has 0 N–H and O–H groups in total. The van der Waals surface area contributed by atoms with Crippen LogP contribution in [-0.2, 0) is 55.6 Å². The molecule has 0 heterocycles. The molecule has 0 amide bonds. The molecule has 85 heavy (non-hydrogen) atoms. The maximum absolute atomic E-state index is 7.66. The second kappa shape index (κ2) is 27.0. The minimum Gasteiger partial charge on any atom is -0.366 e. The average Bonchev–Trinajstić information content (AvgIpc) is 1.65. The minimum atomic E-state index is -1.02. The van der Waals surface area contributed by atoms with E-state index in [9.17, 15) is 0 Å². The van der Waals surface area contributed by atoms with Gasteiger partial charge in [0, 0.05) is 13.8 Å². The van der Waals surface area contributed by atoms with E-state index in [-0.39, 0.29) is 60.5 Å². The van der Waals surface area contributed by atoms with Crippen molar-refractivity contribution in [2.24, 2.45) is 0 Å². The van der Waals surface area contributed by atoms with Crippen molar-refractivity contribution < 1.29 is 44.8 Å². The summed E-state index contributed by atoms with van der Waals surface area (Å²) in [7, 11) is -2.05. The Morgan fingerprint density at radius 3 is 0.753 bits per heavy atom. The van der Waals surface area contributed by atoms with E-state index in [4.69, 9.17) is 12.8 Å². The molecule has 14 rings (SSSR count). The first-order valence-corrected chi connectivity index (χ1v) is 31.4. The maximum Gasteiger partial charge on any atom is 1.00 e. The Bertz CT molecular complexity index is 3800. The van der Waals surface area contributed by atoms with Crippen LogP contribution < -0.4 is 21.2 Å². The first kappa shape index (κ1) is 60.2. The molecular weight excluding hydrogens is 1430 g/mol. The zero-order valence-corrected chi connectivity index (χ0v) is 53.6. The quantitative estimate of drug-likeness (QED) is 0.0554. The Balaban J connectivity index is 0.000000140. The number of rotatable bonds is 10. The number of benzene rings is 12. The fourth-order valence-corrected chi connectivity index (χ4v) is 21.8. The standard InChI is InChI=1S/C27H26P2.2C27H17.2Au/c1-27(2,28(23-15-7-3-8-16-23)24-17-9-4-10-18-24)29(25-19-11-5-12-20-25)26-21-13-6-14-22-26;2*1-2-20-17-18-24-23-15-9-10-16-25(23)27(26(24)19-20,21-11-5-3-6-12-21)22-13-7-4-8-14-22;;/h3-22H,1-2H3;2*3-19H;;/q;2*-1;2*+1/p+2. The van der Waals surface area contributed by atoms with E-state index in [1.165, 1.54) is 88.0 Å². The zero-order chi connectivity index (χ0) is 56.6. The van der Waals surface area contributed by atoms with E-state index in [1.54, 1.807) is 0 Å². The molecule has 0 atom stereocenters. The molecule has 0 fully saturated rings. The molecule has 12 aromatic rings. The fourth-order valence-electron chi connectivity index (χ4n) is 13.4. The van der Waals surface area contributed by atoms with Crippen LogP contribution in [0.2, 0.25) is 0 Å². The molecular formula is C81H62Au2P2+2. The second-order valence-corrected chi connectivity index (χ2v) is 28.5. The fraction of sp³-hybridized carbons (Fsp3) is 0.0617. The second-order valence-electron chi connectivity index (χ2n) is 21.7. The molecule has 416 valence electrons. The van der Waals surface area contributed by atoms with Crippen LogP contribution in [0.4, 0.5) is 0 Å². The Morgan fingerprint density at radius 2 is 0.494 bits per heavy atom. The molecule has 0 saturated heterocycles. The predicted molar refractivity (Wildman–Crippen MR) is 355 cm³/mol. The molecule has 0 unspecified atom stereocenters. The number of hydrogen-bond donors (Lipinski definition) is 0. The zero-order valence-electron chi connectivity index (χ0n) is 47.3. The van der Waals surface area contributed by atoms with Crippen LogP contribution in [0.15, 0.2) is 328 Å². The van der Waals surface area contributed by atoms with Crippen molar-refractivity contribution in [1.82, 2.24) is 0 Å². The van der Waals surface area contributed by atoms with Gasteiger partial charge in [0.15, 0.2) is 4.90 Å². The third kappa shape index (κ3) is 11.3. The molecule has 2 aliphatic rings. The van der Waals surface area contributed by atoms with E-state index in [2.05, 4.69) is 341 Å². The SMILES string of the molecule is CC(C)([PH+](c1ccccc1)c1ccccc1)[PH+](c1ccccc1)c1ccccc1.[Au+].[Au+].[C-]#Cc1ccc2c(c1)C(c1ccccc1)(c1ccccc1)c1ccccc1-2.[C-]#Cc1ccc2c(c1)C(c1ccccc1)(c1ccccc1)c1ccccc1-2. The Morgan fingerprint density at radius 1 is 0.271 bits per heavy atom. The Kier molecular flexibility index (Phi) is 19.1. The third-order valence-corrected chi connectivity index (χ3v) is 24.3. The third-order valence-electron chi connectivity index (χ3n) is 16.7. The van der Waals surface area contributed by atoms with Gasteiger partial charge in [0.05, 0.1) is 10.8 Å². The van der Waals surface area contributed by atoms with Gasteiger partial charge in [0.25, 0.3) is 0 Å². The largest absolute Gasteiger partial charge is 1.00 e. The van der Waals surface area contributed by atoms with E-state index in [1.807, 2.05) is 12.1 Å². The van der Waals surface area contributed by atoms with E-state index < -0.39 is 15.8 Å². The summed E-state index contributed by atoms with van der Waals surface area (Å²) in [4.78, 5) is 0.154. The van der Waals surface area contributed by atoms with E-state index >= 15 is 0 Å². The van der Waals surface area contributed by atoms with Gasteiger partial charge in [0.2, 0.25) is 0 Å². The van der Waals surface area contributed by atoms with Crippen LogP contribution in [0.1, 0.15) is 69.5 Å². The monoisotopic (exact) mass is 1490 g/mol. The van der Waals surface area contributed by atoms with Crippen molar-refractivity contribution in [3.05, 3.63) is 396 Å².